The third-order valence-corrected chi connectivity index (χ3v) is 7.38. The highest BCUT2D eigenvalue weighted by molar-refractivity contribution is 7.98. The Morgan fingerprint density at radius 1 is 1.07 bits per heavy atom. The molecule has 0 saturated carbocycles. The molecule has 0 amide bonds. The predicted molar refractivity (Wildman–Crippen MR) is 104 cm³/mol. The van der Waals surface area contributed by atoms with Crippen molar-refractivity contribution < 1.29 is 18.2 Å². The largest absolute Gasteiger partial charge is 0.329 e. The molecule has 1 aliphatic heterocycles. The SMILES string of the molecule is CSc1ccc(C[NH+]2CCN(S(=O)(=O)c3ccc([N+](=O)[O-])cc3)CC2)cc1. The molecule has 0 unspecified atom stereocenters. The zero-order valence-electron chi connectivity index (χ0n) is 15.0. The van der Waals surface area contributed by atoms with Crippen LogP contribution in [0.4, 0.5) is 5.69 Å². The Morgan fingerprint density at radius 2 is 1.67 bits per heavy atom. The Kier molecular flexibility index (Phi) is 6.15. The first-order chi connectivity index (χ1) is 12.9. The van der Waals surface area contributed by atoms with E-state index in [2.05, 4.69) is 24.3 Å². The molecule has 0 spiro atoms. The lowest BCUT2D eigenvalue weighted by atomic mass is 10.2. The van der Waals surface area contributed by atoms with E-state index in [1.807, 2.05) is 6.26 Å². The van der Waals surface area contributed by atoms with Crippen LogP contribution >= 0.6 is 11.8 Å². The summed E-state index contributed by atoms with van der Waals surface area (Å²) >= 11 is 1.71. The second-order valence-electron chi connectivity index (χ2n) is 6.43. The molecule has 1 aliphatic rings. The van der Waals surface area contributed by atoms with E-state index in [1.165, 1.54) is 43.9 Å². The standard InChI is InChI=1S/C18H21N3O4S2/c1-26-17-6-2-15(3-7-17)14-19-10-12-20(13-11-19)27(24,25)18-8-4-16(5-9-18)21(22)23/h2-9H,10-14H2,1H3/p+1. The number of non-ortho nitro benzene ring substituents is 1. The monoisotopic (exact) mass is 408 g/mol. The van der Waals surface area contributed by atoms with Crippen LogP contribution in [0.1, 0.15) is 5.56 Å². The van der Waals surface area contributed by atoms with E-state index in [0.717, 1.165) is 19.6 Å². The van der Waals surface area contributed by atoms with Gasteiger partial charge in [0.2, 0.25) is 10.0 Å². The van der Waals surface area contributed by atoms with Gasteiger partial charge in [0.1, 0.15) is 6.54 Å². The minimum absolute atomic E-state index is 0.101. The highest BCUT2D eigenvalue weighted by Crippen LogP contribution is 2.19. The Morgan fingerprint density at radius 3 is 2.19 bits per heavy atom. The zero-order chi connectivity index (χ0) is 19.4. The van der Waals surface area contributed by atoms with E-state index in [0.29, 0.717) is 13.1 Å². The molecule has 0 aliphatic carbocycles. The van der Waals surface area contributed by atoms with E-state index in [4.69, 9.17) is 0 Å². The fraction of sp³-hybridized carbons (Fsp3) is 0.333. The minimum Gasteiger partial charge on any atom is -0.329 e. The van der Waals surface area contributed by atoms with Crippen LogP contribution in [0.15, 0.2) is 58.3 Å². The maximum Gasteiger partial charge on any atom is 0.269 e. The highest BCUT2D eigenvalue weighted by Gasteiger charge is 2.30. The van der Waals surface area contributed by atoms with Crippen molar-refractivity contribution in [3.05, 3.63) is 64.2 Å². The van der Waals surface area contributed by atoms with Crippen LogP contribution in [0.3, 0.4) is 0 Å². The number of nitrogens with zero attached hydrogens (tertiary/aromatic N) is 2. The van der Waals surface area contributed by atoms with Gasteiger partial charge in [-0.15, -0.1) is 11.8 Å². The van der Waals surface area contributed by atoms with Gasteiger partial charge in [0, 0.05) is 22.6 Å². The number of nitrogens with one attached hydrogen (secondary N) is 1. The number of rotatable bonds is 6. The van der Waals surface area contributed by atoms with Gasteiger partial charge in [0.15, 0.2) is 0 Å². The molecule has 1 heterocycles. The lowest BCUT2D eigenvalue weighted by molar-refractivity contribution is -0.917. The molecule has 0 atom stereocenters. The molecule has 2 aromatic rings. The van der Waals surface area contributed by atoms with Crippen LogP contribution < -0.4 is 4.90 Å². The van der Waals surface area contributed by atoms with Gasteiger partial charge >= 0.3 is 0 Å². The number of hydrogen-bond donors (Lipinski definition) is 1. The molecule has 1 fully saturated rings. The second-order valence-corrected chi connectivity index (χ2v) is 9.25. The van der Waals surface area contributed by atoms with Crippen molar-refractivity contribution in [3.8, 4) is 0 Å². The van der Waals surface area contributed by atoms with Gasteiger partial charge in [-0.25, -0.2) is 8.42 Å². The van der Waals surface area contributed by atoms with Crippen LogP contribution in [0.5, 0.6) is 0 Å². The van der Waals surface area contributed by atoms with Crippen molar-refractivity contribution in [2.24, 2.45) is 0 Å². The quantitative estimate of drug-likeness (QED) is 0.444. The number of hydrogen-bond acceptors (Lipinski definition) is 5. The van der Waals surface area contributed by atoms with E-state index < -0.39 is 14.9 Å². The summed E-state index contributed by atoms with van der Waals surface area (Å²) in [6, 6.07) is 13.5. The third kappa shape index (κ3) is 4.67. The van der Waals surface area contributed by atoms with E-state index in [9.17, 15) is 18.5 Å². The maximum absolute atomic E-state index is 12.7. The Bertz CT molecular complexity index is 891. The first-order valence-electron chi connectivity index (χ1n) is 8.61. The van der Waals surface area contributed by atoms with Crippen LogP contribution in [-0.4, -0.2) is 50.1 Å². The molecule has 2 aromatic carbocycles. The average molecular weight is 409 g/mol. The molecule has 144 valence electrons. The molecular weight excluding hydrogens is 386 g/mol. The van der Waals surface area contributed by atoms with Gasteiger partial charge in [-0.2, -0.15) is 4.31 Å². The molecule has 9 heteroatoms. The summed E-state index contributed by atoms with van der Waals surface area (Å²) in [5, 5.41) is 10.7. The lowest BCUT2D eigenvalue weighted by Gasteiger charge is -2.31. The maximum atomic E-state index is 12.7. The molecular formula is C18H22N3O4S2+. The predicted octanol–water partition coefficient (Wildman–Crippen LogP) is 1.41. The third-order valence-electron chi connectivity index (χ3n) is 4.73. The molecule has 3 rings (SSSR count). The summed E-state index contributed by atoms with van der Waals surface area (Å²) in [5.74, 6) is 0. The molecule has 1 saturated heterocycles. The van der Waals surface area contributed by atoms with Gasteiger partial charge in [-0.1, -0.05) is 12.1 Å². The second kappa shape index (κ2) is 8.39. The topological polar surface area (TPSA) is 85.0 Å². The van der Waals surface area contributed by atoms with Gasteiger partial charge in [0.25, 0.3) is 5.69 Å². The number of piperazine rings is 1. The zero-order valence-corrected chi connectivity index (χ0v) is 16.6. The number of thioether (sulfide) groups is 1. The van der Waals surface area contributed by atoms with Crippen molar-refractivity contribution >= 4 is 27.5 Å². The number of nitro groups is 1. The van der Waals surface area contributed by atoms with E-state index in [1.54, 1.807) is 11.8 Å². The number of quaternary nitrogens is 1. The summed E-state index contributed by atoms with van der Waals surface area (Å²) in [6.45, 7) is 3.22. The molecule has 7 nitrogen and oxygen atoms in total. The van der Waals surface area contributed by atoms with Gasteiger partial charge in [0.05, 0.1) is 36.0 Å². The first kappa shape index (κ1) is 19.8. The van der Waals surface area contributed by atoms with Crippen LogP contribution in [0.2, 0.25) is 0 Å². The summed E-state index contributed by atoms with van der Waals surface area (Å²) in [5.41, 5.74) is 1.13. The summed E-state index contributed by atoms with van der Waals surface area (Å²) in [6.07, 6.45) is 2.05. The summed E-state index contributed by atoms with van der Waals surface area (Å²) in [7, 11) is -3.62. The fourth-order valence-corrected chi connectivity index (χ4v) is 4.99. The molecule has 0 radical (unpaired) electrons. The Labute approximate surface area is 163 Å². The van der Waals surface area contributed by atoms with Crippen molar-refractivity contribution in [1.29, 1.82) is 0 Å². The first-order valence-corrected chi connectivity index (χ1v) is 11.3. The van der Waals surface area contributed by atoms with Gasteiger partial charge in [-0.05, 0) is 30.5 Å². The van der Waals surface area contributed by atoms with Gasteiger partial charge < -0.3 is 4.90 Å². The summed E-state index contributed by atoms with van der Waals surface area (Å²) in [4.78, 5) is 12.9. The molecule has 27 heavy (non-hydrogen) atoms. The van der Waals surface area contributed by atoms with Crippen molar-refractivity contribution in [2.45, 2.75) is 16.3 Å². The summed E-state index contributed by atoms with van der Waals surface area (Å²) < 4.78 is 27.0. The minimum atomic E-state index is -3.62. The van der Waals surface area contributed by atoms with Gasteiger partial charge in [-0.3, -0.25) is 10.1 Å². The highest BCUT2D eigenvalue weighted by atomic mass is 32.2. The Hall–Kier alpha value is -1.94. The van der Waals surface area contributed by atoms with Crippen molar-refractivity contribution in [1.82, 2.24) is 4.31 Å². The molecule has 0 bridgehead atoms. The van der Waals surface area contributed by atoms with E-state index in [-0.39, 0.29) is 10.6 Å². The fourth-order valence-electron chi connectivity index (χ4n) is 3.14. The van der Waals surface area contributed by atoms with E-state index >= 15 is 0 Å². The van der Waals surface area contributed by atoms with Crippen LogP contribution in [0, 0.1) is 10.1 Å². The number of sulfonamides is 1. The lowest BCUT2D eigenvalue weighted by Crippen LogP contribution is -3.13. The smallest absolute Gasteiger partial charge is 0.269 e. The molecule has 0 aromatic heterocycles. The average Bonchev–Trinajstić information content (AvgIpc) is 2.69. The van der Waals surface area contributed by atoms with Crippen LogP contribution in [0.25, 0.3) is 0 Å². The number of nitro benzene ring substituents is 1. The van der Waals surface area contributed by atoms with Crippen molar-refractivity contribution in [2.75, 3.05) is 32.4 Å². The normalized spacial score (nSPS) is 16.3. The van der Waals surface area contributed by atoms with Crippen molar-refractivity contribution in [3.63, 3.8) is 0 Å². The Balaban J connectivity index is 1.61. The van der Waals surface area contributed by atoms with Crippen LogP contribution in [-0.2, 0) is 16.6 Å². The molecule has 1 N–H and O–H groups in total. The number of benzene rings is 2.